The molecule has 0 aliphatic heterocycles. The fourth-order valence-corrected chi connectivity index (χ4v) is 2.16. The van der Waals surface area contributed by atoms with Crippen molar-refractivity contribution in [2.45, 2.75) is 67.7 Å². The average molecular weight is 371 g/mol. The van der Waals surface area contributed by atoms with Crippen LogP contribution in [0.1, 0.15) is 73.4 Å². The van der Waals surface area contributed by atoms with E-state index in [0.29, 0.717) is 0 Å². The number of hydrogen-bond acceptors (Lipinski definition) is 1. The summed E-state index contributed by atoms with van der Waals surface area (Å²) >= 11 is 0. The maximum absolute atomic E-state index is 4.15. The van der Waals surface area contributed by atoms with E-state index in [-0.39, 0.29) is 5.92 Å². The summed E-state index contributed by atoms with van der Waals surface area (Å²) in [5.74, 6) is 0.205. The molecule has 0 amide bonds. The van der Waals surface area contributed by atoms with E-state index in [9.17, 15) is 0 Å². The van der Waals surface area contributed by atoms with Crippen molar-refractivity contribution in [3.63, 3.8) is 0 Å². The molecule has 152 valence electrons. The summed E-state index contributed by atoms with van der Waals surface area (Å²) in [5.41, 5.74) is 3.48. The molecule has 1 rings (SSSR count). The zero-order chi connectivity index (χ0) is 21.5. The minimum Gasteiger partial charge on any atom is -0.348 e. The van der Waals surface area contributed by atoms with Crippen molar-refractivity contribution < 1.29 is 0 Å². The predicted octanol–water partition coefficient (Wildman–Crippen LogP) is 8.34. The van der Waals surface area contributed by atoms with Crippen LogP contribution in [0.5, 0.6) is 0 Å². The second-order valence-electron chi connectivity index (χ2n) is 4.64. The minimum atomic E-state index is 0.205. The van der Waals surface area contributed by atoms with Crippen LogP contribution in [0.15, 0.2) is 85.4 Å². The van der Waals surface area contributed by atoms with Gasteiger partial charge >= 0.3 is 0 Å². The molecule has 0 aliphatic rings. The van der Waals surface area contributed by atoms with Gasteiger partial charge in [-0.05, 0) is 31.4 Å². The van der Waals surface area contributed by atoms with Crippen LogP contribution >= 0.6 is 0 Å². The lowest BCUT2D eigenvalue weighted by atomic mass is 9.88. The molecule has 27 heavy (non-hydrogen) atoms. The van der Waals surface area contributed by atoms with E-state index in [0.717, 1.165) is 12.1 Å². The Morgan fingerprint density at radius 3 is 2.07 bits per heavy atom. The molecular weight excluding hydrogens is 328 g/mol. The van der Waals surface area contributed by atoms with E-state index in [1.807, 2.05) is 98.0 Å². The number of nitrogens with zero attached hydrogens (tertiary/aromatic N) is 1. The van der Waals surface area contributed by atoms with Crippen molar-refractivity contribution in [2.24, 2.45) is 0 Å². The van der Waals surface area contributed by atoms with Crippen LogP contribution in [0, 0.1) is 0 Å². The molecule has 0 radical (unpaired) electrons. The Morgan fingerprint density at radius 1 is 1.04 bits per heavy atom. The maximum Gasteiger partial charge on any atom is 0.0921 e. The van der Waals surface area contributed by atoms with Gasteiger partial charge in [0.2, 0.25) is 0 Å². The highest BCUT2D eigenvalue weighted by Crippen LogP contribution is 2.31. The molecule has 1 unspecified atom stereocenters. The molecule has 0 saturated heterocycles. The molecule has 2 nitrogen and oxygen atoms in total. The number of hydrogen-bond donors (Lipinski definition) is 1. The molecule has 0 spiro atoms. The molecule has 0 fully saturated rings. The monoisotopic (exact) mass is 370 g/mol. The van der Waals surface area contributed by atoms with Crippen LogP contribution in [0.4, 0.5) is 0 Å². The predicted molar refractivity (Wildman–Crippen MR) is 126 cm³/mol. The fourth-order valence-electron chi connectivity index (χ4n) is 2.16. The largest absolute Gasteiger partial charge is 0.348 e. The summed E-state index contributed by atoms with van der Waals surface area (Å²) in [7, 11) is 0. The summed E-state index contributed by atoms with van der Waals surface area (Å²) in [6.45, 7) is 23.8. The number of aromatic nitrogens is 2. The van der Waals surface area contributed by atoms with Crippen molar-refractivity contribution in [2.75, 3.05) is 0 Å². The molecule has 1 aromatic rings. The van der Waals surface area contributed by atoms with Crippen LogP contribution in [0.2, 0.25) is 0 Å². The molecule has 0 bridgehead atoms. The topological polar surface area (TPSA) is 28.7 Å². The van der Waals surface area contributed by atoms with Gasteiger partial charge in [-0.1, -0.05) is 103 Å². The number of rotatable bonds is 8. The normalized spacial score (nSPS) is 12.1. The van der Waals surface area contributed by atoms with Gasteiger partial charge in [0.15, 0.2) is 0 Å². The van der Waals surface area contributed by atoms with Crippen molar-refractivity contribution in [1.29, 1.82) is 0 Å². The van der Waals surface area contributed by atoms with Gasteiger partial charge in [-0.25, -0.2) is 4.98 Å². The molecule has 1 N–H and O–H groups in total. The van der Waals surface area contributed by atoms with Crippen LogP contribution in [-0.4, -0.2) is 9.97 Å². The standard InChI is InChI=1S/C19H24N2.3C2H6/c1-5-9-12-16(8-4)13-18(19-14-20-15-21-19)17(10-6-2)11-7-3;3*1-2/h5-12,14-15,18H,2,4,13H2,1,3H3,(H,20,21);3*1-2H3/b9-5-,11-7-,16-12+,17-10+;;;. The number of imidazole rings is 1. The SMILES string of the molecule is C=C/C=C(\C=C/C)C(C/C(C=C)=C/C=C\C)c1cnc[nH]1.CC.CC.CC. The number of allylic oxidation sites excluding steroid dienone is 10. The van der Waals surface area contributed by atoms with Crippen molar-refractivity contribution in [1.82, 2.24) is 9.97 Å². The highest BCUT2D eigenvalue weighted by molar-refractivity contribution is 5.37. The Balaban J connectivity index is -0.000000869. The zero-order valence-electron chi connectivity index (χ0n) is 18.9. The van der Waals surface area contributed by atoms with Gasteiger partial charge in [-0.3, -0.25) is 0 Å². The van der Waals surface area contributed by atoms with Gasteiger partial charge in [-0.2, -0.15) is 0 Å². The molecule has 1 heterocycles. The Hall–Kier alpha value is -2.35. The smallest absolute Gasteiger partial charge is 0.0921 e. The third kappa shape index (κ3) is 13.5. The first-order valence-electron chi connectivity index (χ1n) is 10.1. The number of H-pyrrole nitrogens is 1. The Morgan fingerprint density at radius 2 is 1.67 bits per heavy atom. The summed E-state index contributed by atoms with van der Waals surface area (Å²) in [6.07, 6.45) is 20.5. The lowest BCUT2D eigenvalue weighted by molar-refractivity contribution is 0.782. The molecule has 2 heteroatoms. The maximum atomic E-state index is 4.15. The van der Waals surface area contributed by atoms with Crippen LogP contribution in [0.3, 0.4) is 0 Å². The average Bonchev–Trinajstić information content (AvgIpc) is 3.27. The summed E-state index contributed by atoms with van der Waals surface area (Å²) in [5, 5.41) is 0. The highest BCUT2D eigenvalue weighted by atomic mass is 14.9. The van der Waals surface area contributed by atoms with Gasteiger partial charge in [0.25, 0.3) is 0 Å². The second-order valence-corrected chi connectivity index (χ2v) is 4.64. The van der Waals surface area contributed by atoms with E-state index in [1.54, 1.807) is 6.33 Å². The second kappa shape index (κ2) is 23.6. The van der Waals surface area contributed by atoms with E-state index < -0.39 is 0 Å². The van der Waals surface area contributed by atoms with E-state index >= 15 is 0 Å². The highest BCUT2D eigenvalue weighted by Gasteiger charge is 2.17. The zero-order valence-corrected chi connectivity index (χ0v) is 18.9. The lowest BCUT2D eigenvalue weighted by Crippen LogP contribution is -2.03. The first kappa shape index (κ1) is 29.4. The quantitative estimate of drug-likeness (QED) is 0.458. The lowest BCUT2D eigenvalue weighted by Gasteiger charge is -2.17. The number of aromatic amines is 1. The first-order valence-corrected chi connectivity index (χ1v) is 10.1. The summed E-state index contributed by atoms with van der Waals surface area (Å²) in [6, 6.07) is 0. The fraction of sp³-hybridized carbons (Fsp3) is 0.400. The van der Waals surface area contributed by atoms with Gasteiger partial charge < -0.3 is 4.98 Å². The van der Waals surface area contributed by atoms with Gasteiger partial charge in [0.05, 0.1) is 6.33 Å². The summed E-state index contributed by atoms with van der Waals surface area (Å²) < 4.78 is 0. The molecule has 0 aliphatic carbocycles. The van der Waals surface area contributed by atoms with Gasteiger partial charge in [0.1, 0.15) is 0 Å². The third-order valence-electron chi connectivity index (χ3n) is 3.17. The van der Waals surface area contributed by atoms with E-state index in [2.05, 4.69) is 35.3 Å². The third-order valence-corrected chi connectivity index (χ3v) is 3.17. The Kier molecular flexibility index (Phi) is 25.8. The Bertz CT molecular complexity index is 555. The molecule has 0 aromatic carbocycles. The van der Waals surface area contributed by atoms with E-state index in [4.69, 9.17) is 0 Å². The minimum absolute atomic E-state index is 0.205. The Labute approximate surface area is 169 Å². The van der Waals surface area contributed by atoms with Crippen molar-refractivity contribution >= 4 is 0 Å². The van der Waals surface area contributed by atoms with Gasteiger partial charge in [-0.15, -0.1) is 0 Å². The summed E-state index contributed by atoms with van der Waals surface area (Å²) in [4.78, 5) is 7.37. The van der Waals surface area contributed by atoms with Crippen LogP contribution < -0.4 is 0 Å². The molecular formula is C25H42N2. The first-order chi connectivity index (χ1) is 13.3. The molecule has 0 saturated carbocycles. The van der Waals surface area contributed by atoms with Crippen LogP contribution in [-0.2, 0) is 0 Å². The van der Waals surface area contributed by atoms with Gasteiger partial charge in [0, 0.05) is 17.8 Å². The van der Waals surface area contributed by atoms with Crippen molar-refractivity contribution in [3.05, 3.63) is 91.1 Å². The van der Waals surface area contributed by atoms with Crippen LogP contribution in [0.25, 0.3) is 0 Å². The molecule has 1 atom stereocenters. The van der Waals surface area contributed by atoms with Crippen molar-refractivity contribution in [3.8, 4) is 0 Å². The number of nitrogens with one attached hydrogen (secondary N) is 1. The molecule has 1 aromatic heterocycles. The van der Waals surface area contributed by atoms with E-state index in [1.165, 1.54) is 11.1 Å².